The number of carbonyl (C=O) groups excluding carboxylic acids is 6. The molecule has 1 aliphatic carbocycles. The Balaban J connectivity index is 1.83. The van der Waals surface area contributed by atoms with E-state index in [1.165, 1.54) is 23.5 Å². The summed E-state index contributed by atoms with van der Waals surface area (Å²) >= 11 is 0.456. The topological polar surface area (TPSA) is 180 Å². The number of hydrogen-bond donors (Lipinski definition) is 4. The SMILES string of the molecule is CC[C@H](C)NC(=O)C(=O)C(NC(=O)C1[C@H]2CCC[C@H]2CN1C(=O)C(NC(=O)C(NC(=O)c1cnccn1)C(C)C)C(C)C)SCC(F)F. The molecule has 13 nitrogen and oxygen atoms in total. The average molecular weight is 696 g/mol. The van der Waals surface area contributed by atoms with Gasteiger partial charge in [0.2, 0.25) is 24.1 Å². The number of aromatic nitrogens is 2. The van der Waals surface area contributed by atoms with Crippen LogP contribution in [-0.2, 0) is 24.0 Å². The first-order valence-electron chi connectivity index (χ1n) is 16.4. The van der Waals surface area contributed by atoms with Crippen molar-refractivity contribution in [2.24, 2.45) is 23.7 Å². The third-order valence-electron chi connectivity index (χ3n) is 8.82. The first kappa shape index (κ1) is 38.8. The zero-order valence-corrected chi connectivity index (χ0v) is 29.0. The van der Waals surface area contributed by atoms with Gasteiger partial charge in [0.1, 0.15) is 29.2 Å². The quantitative estimate of drug-likeness (QED) is 0.149. The van der Waals surface area contributed by atoms with E-state index in [4.69, 9.17) is 0 Å². The monoisotopic (exact) mass is 695 g/mol. The Kier molecular flexibility index (Phi) is 14.2. The van der Waals surface area contributed by atoms with Crippen molar-refractivity contribution >= 4 is 47.1 Å². The van der Waals surface area contributed by atoms with Crippen molar-refractivity contribution in [1.82, 2.24) is 36.1 Å². The molecule has 266 valence electrons. The molecule has 2 fully saturated rings. The normalized spacial score (nSPS) is 21.3. The lowest BCUT2D eigenvalue weighted by molar-refractivity contribution is -0.144. The standard InChI is InChI=1S/C32H47F2N7O6S/c1-7-18(6)37-30(46)26(42)31(48-15-22(33)34)40-29(45)25-20-10-8-9-19(20)14-41(25)32(47)24(17(4)5)39-28(44)23(16(2)3)38-27(43)21-13-35-11-12-36-21/h11-13,16-20,22-25,31H,7-10,14-15H2,1-6H3,(H,37,46)(H,38,43)(H,39,44)(H,40,45)/t18-,19-,20-,23?,24?,25?,31?/m0/s1. The molecule has 4 N–H and O–H groups in total. The maximum Gasteiger partial charge on any atom is 0.290 e. The smallest absolute Gasteiger partial charge is 0.290 e. The van der Waals surface area contributed by atoms with Crippen molar-refractivity contribution in [2.45, 2.75) is 103 Å². The summed E-state index contributed by atoms with van der Waals surface area (Å²) in [6.45, 7) is 10.7. The van der Waals surface area contributed by atoms with E-state index in [0.717, 1.165) is 12.8 Å². The van der Waals surface area contributed by atoms with Crippen LogP contribution in [0.5, 0.6) is 0 Å². The highest BCUT2D eigenvalue weighted by molar-refractivity contribution is 8.00. The molecule has 0 spiro atoms. The van der Waals surface area contributed by atoms with Gasteiger partial charge < -0.3 is 26.2 Å². The summed E-state index contributed by atoms with van der Waals surface area (Å²) < 4.78 is 26.4. The fourth-order valence-corrected chi connectivity index (χ4v) is 6.85. The molecule has 1 aliphatic heterocycles. The maximum atomic E-state index is 14.2. The minimum atomic E-state index is -2.79. The van der Waals surface area contributed by atoms with Gasteiger partial charge in [-0.3, -0.25) is 33.8 Å². The molecule has 1 aromatic heterocycles. The van der Waals surface area contributed by atoms with Crippen LogP contribution in [0.1, 0.15) is 77.7 Å². The van der Waals surface area contributed by atoms with E-state index < -0.39 is 76.9 Å². The lowest BCUT2D eigenvalue weighted by atomic mass is 9.93. The van der Waals surface area contributed by atoms with E-state index in [2.05, 4.69) is 31.2 Å². The van der Waals surface area contributed by atoms with Gasteiger partial charge >= 0.3 is 0 Å². The van der Waals surface area contributed by atoms with Crippen molar-refractivity contribution in [3.63, 3.8) is 0 Å². The summed E-state index contributed by atoms with van der Waals surface area (Å²) in [6.07, 6.45) is 3.99. The summed E-state index contributed by atoms with van der Waals surface area (Å²) in [5.41, 5.74) is 0.0192. The maximum absolute atomic E-state index is 14.2. The third kappa shape index (κ3) is 9.92. The molecule has 0 bridgehead atoms. The van der Waals surface area contributed by atoms with Gasteiger partial charge in [-0.2, -0.15) is 0 Å². The first-order chi connectivity index (χ1) is 22.7. The van der Waals surface area contributed by atoms with Crippen LogP contribution in [-0.4, -0.2) is 98.5 Å². The Morgan fingerprint density at radius 3 is 2.21 bits per heavy atom. The summed E-state index contributed by atoms with van der Waals surface area (Å²) in [5.74, 6) is -6.37. The summed E-state index contributed by atoms with van der Waals surface area (Å²) in [6, 6.07) is -3.49. The van der Waals surface area contributed by atoms with Crippen LogP contribution in [0.2, 0.25) is 0 Å². The van der Waals surface area contributed by atoms with Crippen LogP contribution in [0.25, 0.3) is 0 Å². The number of halogens is 2. The van der Waals surface area contributed by atoms with E-state index in [-0.39, 0.29) is 36.0 Å². The van der Waals surface area contributed by atoms with Gasteiger partial charge in [0.25, 0.3) is 17.6 Å². The number of fused-ring (bicyclic) bond motifs is 1. The van der Waals surface area contributed by atoms with E-state index in [1.807, 2.05) is 0 Å². The third-order valence-corrected chi connectivity index (χ3v) is 9.93. The number of ketones is 1. The van der Waals surface area contributed by atoms with Crippen LogP contribution in [0.4, 0.5) is 8.78 Å². The lowest BCUT2D eigenvalue weighted by Crippen LogP contribution is -2.60. The van der Waals surface area contributed by atoms with E-state index in [1.54, 1.807) is 41.5 Å². The Labute approximate surface area is 283 Å². The minimum Gasteiger partial charge on any atom is -0.347 e. The first-order valence-corrected chi connectivity index (χ1v) is 17.4. The highest BCUT2D eigenvalue weighted by atomic mass is 32.2. The predicted octanol–water partition coefficient (Wildman–Crippen LogP) is 1.92. The molecule has 0 aromatic carbocycles. The largest absolute Gasteiger partial charge is 0.347 e. The van der Waals surface area contributed by atoms with Crippen molar-refractivity contribution in [1.29, 1.82) is 0 Å². The zero-order chi connectivity index (χ0) is 35.7. The van der Waals surface area contributed by atoms with Crippen LogP contribution in [0.3, 0.4) is 0 Å². The van der Waals surface area contributed by atoms with Crippen LogP contribution in [0.15, 0.2) is 18.6 Å². The molecule has 5 amide bonds. The molecule has 0 radical (unpaired) electrons. The molecule has 1 aromatic rings. The Bertz CT molecular complexity index is 1320. The average Bonchev–Trinajstić information content (AvgIpc) is 3.65. The fourth-order valence-electron chi connectivity index (χ4n) is 6.05. The molecule has 16 heteroatoms. The molecular formula is C32H47F2N7O6S. The van der Waals surface area contributed by atoms with Crippen molar-refractivity contribution in [3.05, 3.63) is 24.3 Å². The zero-order valence-electron chi connectivity index (χ0n) is 28.2. The van der Waals surface area contributed by atoms with Crippen LogP contribution < -0.4 is 21.3 Å². The lowest BCUT2D eigenvalue weighted by Gasteiger charge is -2.33. The van der Waals surface area contributed by atoms with Gasteiger partial charge in [0, 0.05) is 25.0 Å². The summed E-state index contributed by atoms with van der Waals surface area (Å²) in [5, 5.41) is 8.87. The highest BCUT2D eigenvalue weighted by Crippen LogP contribution is 2.43. The van der Waals surface area contributed by atoms with E-state index in [9.17, 15) is 37.5 Å². The fraction of sp³-hybridized carbons (Fsp3) is 0.688. The Hall–Kier alpha value is -3.69. The number of thioether (sulfide) groups is 1. The number of amides is 5. The van der Waals surface area contributed by atoms with E-state index in [0.29, 0.717) is 24.6 Å². The second-order valence-corrected chi connectivity index (χ2v) is 14.2. The molecule has 4 unspecified atom stereocenters. The Morgan fingerprint density at radius 1 is 0.938 bits per heavy atom. The number of alkyl halides is 2. The van der Waals surface area contributed by atoms with Gasteiger partial charge in [-0.1, -0.05) is 41.0 Å². The number of carbonyl (C=O) groups is 6. The number of likely N-dealkylation sites (tertiary alicyclic amines) is 1. The number of nitrogens with one attached hydrogen (secondary N) is 4. The van der Waals surface area contributed by atoms with Gasteiger partial charge in [0.15, 0.2) is 0 Å². The molecule has 2 aliphatic rings. The van der Waals surface area contributed by atoms with Crippen molar-refractivity contribution < 1.29 is 37.5 Å². The highest BCUT2D eigenvalue weighted by Gasteiger charge is 2.51. The van der Waals surface area contributed by atoms with Crippen molar-refractivity contribution in [2.75, 3.05) is 12.3 Å². The Morgan fingerprint density at radius 2 is 1.62 bits per heavy atom. The number of Topliss-reactive ketones (excluding diaryl/α,β-unsaturated/α-hetero) is 1. The van der Waals surface area contributed by atoms with E-state index >= 15 is 0 Å². The summed E-state index contributed by atoms with van der Waals surface area (Å²) in [7, 11) is 0. The van der Waals surface area contributed by atoms with Crippen molar-refractivity contribution in [3.8, 4) is 0 Å². The summed E-state index contributed by atoms with van der Waals surface area (Å²) in [4.78, 5) is 89.3. The number of hydrogen-bond acceptors (Lipinski definition) is 9. The number of nitrogens with zero attached hydrogens (tertiary/aromatic N) is 3. The molecule has 1 saturated carbocycles. The predicted molar refractivity (Wildman–Crippen MR) is 175 cm³/mol. The molecular weight excluding hydrogens is 648 g/mol. The molecule has 48 heavy (non-hydrogen) atoms. The number of rotatable bonds is 16. The second-order valence-electron chi connectivity index (χ2n) is 13.1. The minimum absolute atomic E-state index is 0.0144. The second kappa shape index (κ2) is 17.6. The van der Waals surface area contributed by atoms with Gasteiger partial charge in [-0.05, 0) is 49.9 Å². The molecule has 1 saturated heterocycles. The van der Waals surface area contributed by atoms with Gasteiger partial charge in [-0.25, -0.2) is 13.8 Å². The van der Waals surface area contributed by atoms with Crippen LogP contribution >= 0.6 is 11.8 Å². The van der Waals surface area contributed by atoms with Gasteiger partial charge in [0.05, 0.1) is 11.9 Å². The molecule has 7 atom stereocenters. The molecule has 2 heterocycles. The van der Waals surface area contributed by atoms with Crippen LogP contribution in [0, 0.1) is 23.7 Å². The molecule has 3 rings (SSSR count). The van der Waals surface area contributed by atoms with Gasteiger partial charge in [-0.15, -0.1) is 11.8 Å².